The van der Waals surface area contributed by atoms with Crippen molar-refractivity contribution < 1.29 is 22.0 Å². The van der Waals surface area contributed by atoms with Crippen LogP contribution in [-0.4, -0.2) is 13.0 Å². The molecule has 1 heterocycles. The normalized spacial score (nSPS) is 19.8. The average Bonchev–Trinajstić information content (AvgIpc) is 2.58. The van der Waals surface area contributed by atoms with E-state index in [0.29, 0.717) is 0 Å². The van der Waals surface area contributed by atoms with Gasteiger partial charge in [-0.25, -0.2) is 8.78 Å². The summed E-state index contributed by atoms with van der Waals surface area (Å²) in [6.07, 6.45) is -7.01. The number of fused-ring (bicyclic) bond motifs is 1. The molecule has 0 saturated heterocycles. The first kappa shape index (κ1) is 11.2. The molecule has 0 amide bonds. The molecule has 0 spiro atoms. The summed E-state index contributed by atoms with van der Waals surface area (Å²) in [6.45, 7) is -0.0195. The van der Waals surface area contributed by atoms with Gasteiger partial charge in [-0.05, 0) is 17.7 Å². The zero-order chi connectivity index (χ0) is 11.9. The third kappa shape index (κ3) is 1.83. The van der Waals surface area contributed by atoms with Gasteiger partial charge in [0.2, 0.25) is 6.43 Å². The van der Waals surface area contributed by atoms with Crippen LogP contribution in [0.25, 0.3) is 0 Å². The summed E-state index contributed by atoms with van der Waals surface area (Å²) in [4.78, 5) is 0. The fourth-order valence-electron chi connectivity index (χ4n) is 1.76. The quantitative estimate of drug-likeness (QED) is 0.737. The lowest BCUT2D eigenvalue weighted by molar-refractivity contribution is -0.137. The molecule has 1 aliphatic heterocycles. The SMILES string of the molecule is FC(F)[C@@H]1CNc2cc(C(F)(F)F)ccc21. The molecular formula is C10H8F5N. The second-order valence-corrected chi connectivity index (χ2v) is 3.62. The van der Waals surface area contributed by atoms with Gasteiger partial charge in [0.15, 0.2) is 0 Å². The van der Waals surface area contributed by atoms with Gasteiger partial charge in [-0.3, -0.25) is 0 Å². The molecule has 1 nitrogen and oxygen atoms in total. The van der Waals surface area contributed by atoms with E-state index in [-0.39, 0.29) is 17.8 Å². The molecule has 1 atom stereocenters. The molecule has 2 rings (SSSR count). The van der Waals surface area contributed by atoms with E-state index in [1.807, 2.05) is 0 Å². The van der Waals surface area contributed by atoms with E-state index in [0.717, 1.165) is 18.2 Å². The van der Waals surface area contributed by atoms with Gasteiger partial charge in [0.1, 0.15) is 0 Å². The fraction of sp³-hybridized carbons (Fsp3) is 0.400. The molecule has 0 fully saturated rings. The smallest absolute Gasteiger partial charge is 0.384 e. The topological polar surface area (TPSA) is 12.0 Å². The Bertz CT molecular complexity index is 399. The van der Waals surface area contributed by atoms with Crippen LogP contribution in [0.15, 0.2) is 18.2 Å². The number of hydrogen-bond acceptors (Lipinski definition) is 1. The van der Waals surface area contributed by atoms with Crippen LogP contribution in [0.5, 0.6) is 0 Å². The van der Waals surface area contributed by atoms with Crippen LogP contribution in [-0.2, 0) is 6.18 Å². The lowest BCUT2D eigenvalue weighted by atomic mass is 10.0. The van der Waals surface area contributed by atoms with Crippen molar-refractivity contribution in [1.82, 2.24) is 0 Å². The molecular weight excluding hydrogens is 229 g/mol. The Kier molecular flexibility index (Phi) is 2.52. The molecule has 88 valence electrons. The van der Waals surface area contributed by atoms with Crippen LogP contribution in [0.3, 0.4) is 0 Å². The molecule has 0 radical (unpaired) electrons. The first-order chi connectivity index (χ1) is 7.39. The highest BCUT2D eigenvalue weighted by Crippen LogP contribution is 2.39. The lowest BCUT2D eigenvalue weighted by Crippen LogP contribution is -2.10. The summed E-state index contributed by atoms with van der Waals surface area (Å²) in [6, 6.07) is 2.83. The first-order valence-corrected chi connectivity index (χ1v) is 4.63. The predicted octanol–water partition coefficient (Wildman–Crippen LogP) is 3.48. The van der Waals surface area contributed by atoms with Crippen LogP contribution >= 0.6 is 0 Å². The van der Waals surface area contributed by atoms with E-state index in [1.165, 1.54) is 0 Å². The Morgan fingerprint density at radius 2 is 1.94 bits per heavy atom. The number of hydrogen-bond donors (Lipinski definition) is 1. The predicted molar refractivity (Wildman–Crippen MR) is 48.7 cm³/mol. The maximum atomic E-state index is 12.5. The first-order valence-electron chi connectivity index (χ1n) is 4.63. The van der Waals surface area contributed by atoms with Crippen molar-refractivity contribution in [3.63, 3.8) is 0 Å². The molecule has 16 heavy (non-hydrogen) atoms. The number of anilines is 1. The summed E-state index contributed by atoms with van der Waals surface area (Å²) < 4.78 is 62.0. The zero-order valence-corrected chi connectivity index (χ0v) is 7.98. The van der Waals surface area contributed by atoms with Crippen molar-refractivity contribution in [2.45, 2.75) is 18.5 Å². The Hall–Kier alpha value is -1.33. The van der Waals surface area contributed by atoms with Crippen LogP contribution < -0.4 is 5.32 Å². The lowest BCUT2D eigenvalue weighted by Gasteiger charge is -2.10. The van der Waals surface area contributed by atoms with Gasteiger partial charge in [-0.15, -0.1) is 0 Å². The molecule has 0 saturated carbocycles. The second kappa shape index (κ2) is 3.61. The average molecular weight is 237 g/mol. The number of nitrogens with one attached hydrogen (secondary N) is 1. The molecule has 0 bridgehead atoms. The Balaban J connectivity index is 2.37. The van der Waals surface area contributed by atoms with Gasteiger partial charge in [0.05, 0.1) is 11.5 Å². The molecule has 1 aromatic rings. The van der Waals surface area contributed by atoms with Crippen LogP contribution in [0, 0.1) is 0 Å². The molecule has 6 heteroatoms. The summed E-state index contributed by atoms with van der Waals surface area (Å²) in [5.74, 6) is -1.02. The summed E-state index contributed by atoms with van der Waals surface area (Å²) in [7, 11) is 0. The number of halogens is 5. The molecule has 0 aliphatic carbocycles. The van der Waals surface area contributed by atoms with Gasteiger partial charge in [0, 0.05) is 12.2 Å². The van der Waals surface area contributed by atoms with Crippen molar-refractivity contribution >= 4 is 5.69 Å². The van der Waals surface area contributed by atoms with E-state index in [2.05, 4.69) is 5.32 Å². The number of alkyl halides is 5. The van der Waals surface area contributed by atoms with Crippen LogP contribution in [0.4, 0.5) is 27.6 Å². The minimum Gasteiger partial charge on any atom is -0.384 e. The monoisotopic (exact) mass is 237 g/mol. The Morgan fingerprint density at radius 3 is 2.50 bits per heavy atom. The highest BCUT2D eigenvalue weighted by atomic mass is 19.4. The van der Waals surface area contributed by atoms with Crippen LogP contribution in [0.2, 0.25) is 0 Å². The minimum atomic E-state index is -4.44. The van der Waals surface area contributed by atoms with E-state index in [9.17, 15) is 22.0 Å². The summed E-state index contributed by atoms with van der Waals surface area (Å²) in [5, 5.41) is 2.56. The van der Waals surface area contributed by atoms with Gasteiger partial charge in [0.25, 0.3) is 0 Å². The van der Waals surface area contributed by atoms with Crippen molar-refractivity contribution in [1.29, 1.82) is 0 Å². The molecule has 0 aromatic heterocycles. The van der Waals surface area contributed by atoms with Crippen molar-refractivity contribution in [2.24, 2.45) is 0 Å². The van der Waals surface area contributed by atoms with Gasteiger partial charge in [-0.2, -0.15) is 13.2 Å². The van der Waals surface area contributed by atoms with Crippen molar-refractivity contribution in [3.05, 3.63) is 29.3 Å². The zero-order valence-electron chi connectivity index (χ0n) is 7.98. The molecule has 0 unspecified atom stereocenters. The number of benzene rings is 1. The van der Waals surface area contributed by atoms with Gasteiger partial charge >= 0.3 is 6.18 Å². The van der Waals surface area contributed by atoms with E-state index in [1.54, 1.807) is 0 Å². The Morgan fingerprint density at radius 1 is 1.25 bits per heavy atom. The maximum Gasteiger partial charge on any atom is 0.416 e. The third-order valence-electron chi connectivity index (χ3n) is 2.60. The molecule has 1 aliphatic rings. The van der Waals surface area contributed by atoms with Gasteiger partial charge < -0.3 is 5.32 Å². The van der Waals surface area contributed by atoms with Crippen molar-refractivity contribution in [2.75, 3.05) is 11.9 Å². The van der Waals surface area contributed by atoms with E-state index < -0.39 is 24.1 Å². The molecule has 1 N–H and O–H groups in total. The highest BCUT2D eigenvalue weighted by molar-refractivity contribution is 5.59. The fourth-order valence-corrected chi connectivity index (χ4v) is 1.76. The highest BCUT2D eigenvalue weighted by Gasteiger charge is 2.35. The molecule has 1 aromatic carbocycles. The summed E-state index contributed by atoms with van der Waals surface area (Å²) >= 11 is 0. The second-order valence-electron chi connectivity index (χ2n) is 3.62. The minimum absolute atomic E-state index is 0.0195. The standard InChI is InChI=1S/C10H8F5N/c11-9(12)7-4-16-8-3-5(10(13,14)15)1-2-6(7)8/h1-3,7,9,16H,4H2/t7-/m1/s1. The van der Waals surface area contributed by atoms with E-state index >= 15 is 0 Å². The Labute approximate surface area is 88.3 Å². The third-order valence-corrected chi connectivity index (χ3v) is 2.60. The van der Waals surface area contributed by atoms with Crippen molar-refractivity contribution in [3.8, 4) is 0 Å². The van der Waals surface area contributed by atoms with E-state index in [4.69, 9.17) is 0 Å². The van der Waals surface area contributed by atoms with Crippen LogP contribution in [0.1, 0.15) is 17.0 Å². The number of rotatable bonds is 1. The summed E-state index contributed by atoms with van der Waals surface area (Å²) in [5.41, 5.74) is -0.420. The largest absolute Gasteiger partial charge is 0.416 e. The maximum absolute atomic E-state index is 12.5. The van der Waals surface area contributed by atoms with Gasteiger partial charge in [-0.1, -0.05) is 6.07 Å².